The lowest BCUT2D eigenvalue weighted by molar-refractivity contribution is -0.128. The van der Waals surface area contributed by atoms with Crippen LogP contribution in [0.2, 0.25) is 0 Å². The number of hydrogen-bond donors (Lipinski definition) is 1. The van der Waals surface area contributed by atoms with Crippen molar-refractivity contribution in [1.82, 2.24) is 10.2 Å². The molecule has 32 heavy (non-hydrogen) atoms. The van der Waals surface area contributed by atoms with Crippen LogP contribution < -0.4 is 5.32 Å². The maximum absolute atomic E-state index is 12.9. The molecule has 0 bridgehead atoms. The topological polar surface area (TPSA) is 49.4 Å². The summed E-state index contributed by atoms with van der Waals surface area (Å²) in [6.07, 6.45) is 2.68. The number of nitrogens with one attached hydrogen (secondary N) is 1. The number of carbonyl (C=O) groups is 2. The van der Waals surface area contributed by atoms with Crippen LogP contribution in [0.3, 0.4) is 0 Å². The lowest BCUT2D eigenvalue weighted by Gasteiger charge is -2.30. The van der Waals surface area contributed by atoms with Crippen molar-refractivity contribution in [2.24, 2.45) is 0 Å². The van der Waals surface area contributed by atoms with Gasteiger partial charge in [0.2, 0.25) is 11.8 Å². The van der Waals surface area contributed by atoms with Gasteiger partial charge in [0.1, 0.15) is 11.6 Å². The summed E-state index contributed by atoms with van der Waals surface area (Å²) in [6, 6.07) is 12.5. The average Bonchev–Trinajstić information content (AvgIpc) is 2.78. The number of allylic oxidation sites excluding steroid dienone is 2. The van der Waals surface area contributed by atoms with Gasteiger partial charge in [-0.05, 0) is 104 Å². The summed E-state index contributed by atoms with van der Waals surface area (Å²) in [5, 5.41) is 2.82. The monoisotopic (exact) mass is 438 g/mol. The molecule has 168 valence electrons. The van der Waals surface area contributed by atoms with E-state index in [0.717, 1.165) is 40.9 Å². The second kappa shape index (κ2) is 10.4. The average molecular weight is 439 g/mol. The number of benzene rings is 2. The second-order valence-corrected chi connectivity index (χ2v) is 7.98. The van der Waals surface area contributed by atoms with Crippen LogP contribution in [0.5, 0.6) is 0 Å². The SMILES string of the molecule is CC1=C(c2ccc(F)cc2)NC(=O)CC1.CCN1C(=O)CCC(C)=C1c1ccc(F)cc1. The second-order valence-electron chi connectivity index (χ2n) is 7.98. The molecule has 2 aliphatic heterocycles. The molecule has 0 aromatic heterocycles. The van der Waals surface area contributed by atoms with Crippen LogP contribution in [0.1, 0.15) is 57.6 Å². The summed E-state index contributed by atoms with van der Waals surface area (Å²) in [5.41, 5.74) is 5.88. The normalized spacial score (nSPS) is 16.6. The summed E-state index contributed by atoms with van der Waals surface area (Å²) >= 11 is 0. The number of nitrogens with zero attached hydrogens (tertiary/aromatic N) is 1. The number of carbonyl (C=O) groups excluding carboxylic acids is 2. The van der Waals surface area contributed by atoms with Crippen LogP contribution >= 0.6 is 0 Å². The zero-order valence-corrected chi connectivity index (χ0v) is 18.7. The molecule has 4 nitrogen and oxygen atoms in total. The first kappa shape index (κ1) is 23.4. The van der Waals surface area contributed by atoms with Crippen LogP contribution in [0, 0.1) is 11.6 Å². The Balaban J connectivity index is 0.000000182. The molecule has 4 rings (SSSR count). The van der Waals surface area contributed by atoms with Crippen molar-refractivity contribution in [1.29, 1.82) is 0 Å². The molecule has 2 amide bonds. The van der Waals surface area contributed by atoms with Gasteiger partial charge >= 0.3 is 0 Å². The van der Waals surface area contributed by atoms with E-state index in [1.807, 2.05) is 20.8 Å². The smallest absolute Gasteiger partial charge is 0.227 e. The van der Waals surface area contributed by atoms with Crippen molar-refractivity contribution in [3.63, 3.8) is 0 Å². The molecule has 2 aliphatic rings. The molecule has 0 fully saturated rings. The Hall–Kier alpha value is -3.28. The Bertz CT molecular complexity index is 1050. The van der Waals surface area contributed by atoms with Crippen LogP contribution in [-0.4, -0.2) is 23.3 Å². The highest BCUT2D eigenvalue weighted by atomic mass is 19.1. The molecule has 1 N–H and O–H groups in total. The third kappa shape index (κ3) is 5.49. The van der Waals surface area contributed by atoms with Crippen molar-refractivity contribution in [2.45, 2.75) is 46.5 Å². The maximum Gasteiger partial charge on any atom is 0.227 e. The van der Waals surface area contributed by atoms with E-state index in [2.05, 4.69) is 5.32 Å². The summed E-state index contributed by atoms with van der Waals surface area (Å²) in [5.74, 6) is -0.339. The predicted octanol–water partition coefficient (Wildman–Crippen LogP) is 5.67. The van der Waals surface area contributed by atoms with Gasteiger partial charge in [-0.3, -0.25) is 9.59 Å². The Labute approximate surface area is 187 Å². The largest absolute Gasteiger partial charge is 0.326 e. The molecule has 0 unspecified atom stereocenters. The van der Waals surface area contributed by atoms with E-state index in [0.29, 0.717) is 19.4 Å². The van der Waals surface area contributed by atoms with Gasteiger partial charge in [0, 0.05) is 30.8 Å². The van der Waals surface area contributed by atoms with Gasteiger partial charge in [-0.1, -0.05) is 0 Å². The molecule has 2 aromatic carbocycles. The van der Waals surface area contributed by atoms with E-state index in [-0.39, 0.29) is 23.4 Å². The van der Waals surface area contributed by atoms with Crippen molar-refractivity contribution >= 4 is 23.2 Å². The van der Waals surface area contributed by atoms with E-state index in [1.54, 1.807) is 29.2 Å². The standard InChI is InChI=1S/C14H16FNO.C12H12FNO/c1-3-16-13(17)9-4-10(2)14(16)11-5-7-12(15)8-6-11;1-8-2-7-11(15)14-12(8)9-3-5-10(13)6-4-9/h5-8H,3-4,9H2,1-2H3;3-6H,2,7H2,1H3,(H,14,15). The first-order valence-corrected chi connectivity index (χ1v) is 10.8. The fourth-order valence-corrected chi connectivity index (χ4v) is 3.92. The highest BCUT2D eigenvalue weighted by Gasteiger charge is 2.24. The Morgan fingerprint density at radius 2 is 1.31 bits per heavy atom. The van der Waals surface area contributed by atoms with Crippen LogP contribution in [-0.2, 0) is 9.59 Å². The Morgan fingerprint density at radius 3 is 1.88 bits per heavy atom. The number of halogens is 2. The molecule has 0 radical (unpaired) electrons. The highest BCUT2D eigenvalue weighted by Crippen LogP contribution is 2.30. The fraction of sp³-hybridized carbons (Fsp3) is 0.308. The lowest BCUT2D eigenvalue weighted by atomic mass is 9.98. The summed E-state index contributed by atoms with van der Waals surface area (Å²) < 4.78 is 25.6. The van der Waals surface area contributed by atoms with E-state index in [1.165, 1.54) is 29.8 Å². The zero-order chi connectivity index (χ0) is 23.3. The minimum atomic E-state index is -0.265. The zero-order valence-electron chi connectivity index (χ0n) is 18.7. The van der Waals surface area contributed by atoms with E-state index in [9.17, 15) is 18.4 Å². The molecule has 0 spiro atoms. The first-order valence-electron chi connectivity index (χ1n) is 10.8. The molecule has 0 saturated carbocycles. The van der Waals surface area contributed by atoms with Gasteiger partial charge in [-0.15, -0.1) is 0 Å². The number of rotatable bonds is 3. The molecular formula is C26H28F2N2O2. The lowest BCUT2D eigenvalue weighted by Crippen LogP contribution is -2.32. The molecule has 2 aromatic rings. The minimum Gasteiger partial charge on any atom is -0.326 e. The Kier molecular flexibility index (Phi) is 7.57. The predicted molar refractivity (Wildman–Crippen MR) is 122 cm³/mol. The van der Waals surface area contributed by atoms with Crippen LogP contribution in [0.4, 0.5) is 8.78 Å². The van der Waals surface area contributed by atoms with Crippen molar-refractivity contribution in [3.05, 3.63) is 82.4 Å². The van der Waals surface area contributed by atoms with Gasteiger partial charge in [0.05, 0.1) is 0 Å². The fourth-order valence-electron chi connectivity index (χ4n) is 3.92. The van der Waals surface area contributed by atoms with Gasteiger partial charge < -0.3 is 10.2 Å². The summed E-state index contributed by atoms with van der Waals surface area (Å²) in [7, 11) is 0. The van der Waals surface area contributed by atoms with Gasteiger partial charge in [-0.25, -0.2) is 8.78 Å². The Morgan fingerprint density at radius 1 is 0.781 bits per heavy atom. The van der Waals surface area contributed by atoms with Gasteiger partial charge in [0.15, 0.2) is 0 Å². The van der Waals surface area contributed by atoms with Gasteiger partial charge in [-0.2, -0.15) is 0 Å². The van der Waals surface area contributed by atoms with Gasteiger partial charge in [0.25, 0.3) is 0 Å². The minimum absolute atomic E-state index is 0.0277. The van der Waals surface area contributed by atoms with Crippen molar-refractivity contribution < 1.29 is 18.4 Å². The number of amides is 2. The summed E-state index contributed by atoms with van der Waals surface area (Å²) in [4.78, 5) is 24.9. The highest BCUT2D eigenvalue weighted by molar-refractivity contribution is 5.90. The molecule has 0 aliphatic carbocycles. The number of hydrogen-bond acceptors (Lipinski definition) is 2. The molecule has 6 heteroatoms. The van der Waals surface area contributed by atoms with Crippen LogP contribution in [0.15, 0.2) is 59.7 Å². The maximum atomic E-state index is 12.9. The van der Waals surface area contributed by atoms with E-state index in [4.69, 9.17) is 0 Å². The van der Waals surface area contributed by atoms with E-state index < -0.39 is 0 Å². The molecule has 0 atom stereocenters. The van der Waals surface area contributed by atoms with Crippen molar-refractivity contribution in [3.8, 4) is 0 Å². The van der Waals surface area contributed by atoms with Crippen LogP contribution in [0.25, 0.3) is 11.4 Å². The third-order valence-corrected chi connectivity index (χ3v) is 5.67. The molecule has 2 heterocycles. The molecule has 0 saturated heterocycles. The molecular weight excluding hydrogens is 410 g/mol. The quantitative estimate of drug-likeness (QED) is 0.672. The first-order chi connectivity index (χ1) is 15.3. The van der Waals surface area contributed by atoms with Crippen molar-refractivity contribution in [2.75, 3.05) is 6.54 Å². The van der Waals surface area contributed by atoms with E-state index >= 15 is 0 Å². The summed E-state index contributed by atoms with van der Waals surface area (Å²) in [6.45, 7) is 6.63. The third-order valence-electron chi connectivity index (χ3n) is 5.67.